The molecule has 0 aliphatic heterocycles. The Hall–Kier alpha value is -0.580. The molecule has 0 saturated carbocycles. The Morgan fingerprint density at radius 1 is 1.47 bits per heavy atom. The molecule has 1 aromatic rings. The van der Waals surface area contributed by atoms with Crippen molar-refractivity contribution in [2.45, 2.75) is 26.4 Å². The zero-order valence-corrected chi connectivity index (χ0v) is 12.0. The average molecular weight is 302 g/mol. The lowest BCUT2D eigenvalue weighted by Gasteiger charge is -2.14. The Kier molecular flexibility index (Phi) is 6.55. The van der Waals surface area contributed by atoms with Crippen LogP contribution in [0, 0.1) is 6.92 Å². The predicted molar refractivity (Wildman–Crippen MR) is 73.5 cm³/mol. The summed E-state index contributed by atoms with van der Waals surface area (Å²) in [6.45, 7) is 5.89. The number of hydrogen-bond donors (Lipinski definition) is 2. The van der Waals surface area contributed by atoms with E-state index in [-0.39, 0.29) is 0 Å². The maximum atomic E-state index is 9.70. The van der Waals surface area contributed by atoms with Crippen molar-refractivity contribution in [3.05, 3.63) is 28.2 Å². The van der Waals surface area contributed by atoms with Gasteiger partial charge in [0.1, 0.15) is 18.5 Å². The van der Waals surface area contributed by atoms with Crippen LogP contribution < -0.4 is 10.1 Å². The van der Waals surface area contributed by atoms with E-state index >= 15 is 0 Å². The molecule has 4 heteroatoms. The summed E-state index contributed by atoms with van der Waals surface area (Å²) in [7, 11) is 0. The first-order valence-corrected chi connectivity index (χ1v) is 6.70. The van der Waals surface area contributed by atoms with Crippen molar-refractivity contribution in [3.8, 4) is 5.75 Å². The fraction of sp³-hybridized carbons (Fsp3) is 0.538. The van der Waals surface area contributed by atoms with Gasteiger partial charge in [-0.3, -0.25) is 0 Å². The third-order valence-corrected chi connectivity index (χ3v) is 2.88. The molecule has 1 aromatic carbocycles. The van der Waals surface area contributed by atoms with Gasteiger partial charge in [-0.15, -0.1) is 0 Å². The van der Waals surface area contributed by atoms with Crippen molar-refractivity contribution >= 4 is 15.9 Å². The van der Waals surface area contributed by atoms with Crippen molar-refractivity contribution < 1.29 is 9.84 Å². The smallest absolute Gasteiger partial charge is 0.123 e. The predicted octanol–water partition coefficient (Wildman–Crippen LogP) is 2.50. The van der Waals surface area contributed by atoms with E-state index in [1.54, 1.807) is 0 Å². The van der Waals surface area contributed by atoms with Crippen molar-refractivity contribution in [1.29, 1.82) is 0 Å². The van der Waals surface area contributed by atoms with Crippen molar-refractivity contribution in [2.75, 3.05) is 19.7 Å². The van der Waals surface area contributed by atoms with Crippen LogP contribution in [0.1, 0.15) is 18.9 Å². The van der Waals surface area contributed by atoms with Crippen LogP contribution in [0.2, 0.25) is 0 Å². The first kappa shape index (κ1) is 14.5. The number of hydrogen-bond acceptors (Lipinski definition) is 3. The van der Waals surface area contributed by atoms with Gasteiger partial charge in [0.25, 0.3) is 0 Å². The van der Waals surface area contributed by atoms with Gasteiger partial charge >= 0.3 is 0 Å². The lowest BCUT2D eigenvalue weighted by atomic mass is 10.2. The number of aryl methyl sites for hydroxylation is 1. The molecule has 0 aliphatic rings. The molecule has 96 valence electrons. The fourth-order valence-electron chi connectivity index (χ4n) is 1.42. The van der Waals surface area contributed by atoms with Crippen molar-refractivity contribution in [1.82, 2.24) is 5.32 Å². The monoisotopic (exact) mass is 301 g/mol. The molecule has 0 amide bonds. The highest BCUT2D eigenvalue weighted by atomic mass is 79.9. The van der Waals surface area contributed by atoms with E-state index in [2.05, 4.69) is 28.2 Å². The minimum Gasteiger partial charge on any atom is -0.491 e. The third kappa shape index (κ3) is 5.52. The molecule has 0 aromatic heterocycles. The van der Waals surface area contributed by atoms with Gasteiger partial charge in [-0.05, 0) is 37.6 Å². The molecule has 0 bridgehead atoms. The number of nitrogens with one attached hydrogen (secondary N) is 1. The topological polar surface area (TPSA) is 41.5 Å². The summed E-state index contributed by atoms with van der Waals surface area (Å²) in [5, 5.41) is 12.9. The number of ether oxygens (including phenoxy) is 1. The van der Waals surface area contributed by atoms with Crippen molar-refractivity contribution in [2.24, 2.45) is 0 Å². The minimum absolute atomic E-state index is 0.313. The van der Waals surface area contributed by atoms with Crippen LogP contribution in [0.3, 0.4) is 0 Å². The summed E-state index contributed by atoms with van der Waals surface area (Å²) in [5.74, 6) is 0.814. The van der Waals surface area contributed by atoms with E-state index in [1.807, 2.05) is 25.1 Å². The quantitative estimate of drug-likeness (QED) is 0.760. The van der Waals surface area contributed by atoms with Crippen LogP contribution in [0.15, 0.2) is 22.7 Å². The highest BCUT2D eigenvalue weighted by molar-refractivity contribution is 9.10. The van der Waals surface area contributed by atoms with Gasteiger partial charge in [-0.25, -0.2) is 0 Å². The molecular weight excluding hydrogens is 282 g/mol. The number of rotatable bonds is 7. The normalized spacial score (nSPS) is 12.5. The highest BCUT2D eigenvalue weighted by Crippen LogP contribution is 2.22. The van der Waals surface area contributed by atoms with Gasteiger partial charge in [0.05, 0.1) is 0 Å². The Labute approximate surface area is 111 Å². The standard InChI is InChI=1S/C13H20BrNO2/c1-3-6-15-8-12(16)9-17-13-7-11(14)5-4-10(13)2/h4-5,7,12,15-16H,3,6,8-9H2,1-2H3. The molecule has 17 heavy (non-hydrogen) atoms. The first-order valence-electron chi connectivity index (χ1n) is 5.91. The molecule has 2 N–H and O–H groups in total. The molecule has 0 radical (unpaired) electrons. The van der Waals surface area contributed by atoms with Crippen LogP contribution in [-0.2, 0) is 0 Å². The van der Waals surface area contributed by atoms with Crippen LogP contribution in [0.4, 0.5) is 0 Å². The minimum atomic E-state index is -0.472. The lowest BCUT2D eigenvalue weighted by Crippen LogP contribution is -2.31. The summed E-state index contributed by atoms with van der Waals surface area (Å²) in [5.41, 5.74) is 1.07. The maximum absolute atomic E-state index is 9.70. The third-order valence-electron chi connectivity index (χ3n) is 2.39. The van der Waals surface area contributed by atoms with E-state index in [9.17, 15) is 5.11 Å². The second-order valence-corrected chi connectivity index (χ2v) is 4.99. The summed E-state index contributed by atoms with van der Waals surface area (Å²) >= 11 is 3.40. The van der Waals surface area contributed by atoms with E-state index in [1.165, 1.54) is 0 Å². The van der Waals surface area contributed by atoms with Gasteiger partial charge in [0.15, 0.2) is 0 Å². The van der Waals surface area contributed by atoms with Gasteiger partial charge in [-0.2, -0.15) is 0 Å². The highest BCUT2D eigenvalue weighted by Gasteiger charge is 2.06. The first-order chi connectivity index (χ1) is 8.13. The number of aliphatic hydroxyl groups is 1. The summed E-state index contributed by atoms with van der Waals surface area (Å²) in [6.07, 6.45) is 0.595. The maximum Gasteiger partial charge on any atom is 0.123 e. The molecule has 0 saturated heterocycles. The molecule has 0 spiro atoms. The van der Waals surface area contributed by atoms with Gasteiger partial charge in [-0.1, -0.05) is 28.9 Å². The van der Waals surface area contributed by atoms with Gasteiger partial charge < -0.3 is 15.2 Å². The molecule has 0 aliphatic carbocycles. The Bertz CT molecular complexity index is 344. The molecule has 0 heterocycles. The van der Waals surface area contributed by atoms with Gasteiger partial charge in [0, 0.05) is 11.0 Å². The molecule has 1 rings (SSSR count). The lowest BCUT2D eigenvalue weighted by molar-refractivity contribution is 0.106. The second kappa shape index (κ2) is 7.69. The number of halogens is 1. The van der Waals surface area contributed by atoms with E-state index in [4.69, 9.17) is 4.74 Å². The molecule has 3 nitrogen and oxygen atoms in total. The van der Waals surface area contributed by atoms with Crippen molar-refractivity contribution in [3.63, 3.8) is 0 Å². The number of aliphatic hydroxyl groups excluding tert-OH is 1. The Morgan fingerprint density at radius 3 is 2.94 bits per heavy atom. The van der Waals surface area contributed by atoms with Gasteiger partial charge in [0.2, 0.25) is 0 Å². The summed E-state index contributed by atoms with van der Waals surface area (Å²) in [4.78, 5) is 0. The molecule has 1 atom stereocenters. The molecular formula is C13H20BrNO2. The van der Waals surface area contributed by atoms with E-state index in [0.717, 1.165) is 28.8 Å². The van der Waals surface area contributed by atoms with Crippen LogP contribution in [0.5, 0.6) is 5.75 Å². The SMILES string of the molecule is CCCNCC(O)COc1cc(Br)ccc1C. The Morgan fingerprint density at radius 2 is 2.24 bits per heavy atom. The fourth-order valence-corrected chi connectivity index (χ4v) is 1.76. The Balaban J connectivity index is 2.36. The summed E-state index contributed by atoms with van der Waals surface area (Å²) in [6, 6.07) is 5.88. The largest absolute Gasteiger partial charge is 0.491 e. The number of benzene rings is 1. The van der Waals surface area contributed by atoms with E-state index < -0.39 is 6.10 Å². The zero-order valence-electron chi connectivity index (χ0n) is 10.4. The average Bonchev–Trinajstić information content (AvgIpc) is 2.31. The molecule has 1 unspecified atom stereocenters. The van der Waals surface area contributed by atoms with Crippen LogP contribution in [-0.4, -0.2) is 30.9 Å². The molecule has 0 fully saturated rings. The van der Waals surface area contributed by atoms with Crippen LogP contribution >= 0.6 is 15.9 Å². The van der Waals surface area contributed by atoms with E-state index in [0.29, 0.717) is 13.2 Å². The van der Waals surface area contributed by atoms with Crippen LogP contribution in [0.25, 0.3) is 0 Å². The second-order valence-electron chi connectivity index (χ2n) is 4.08. The zero-order chi connectivity index (χ0) is 12.7. The summed E-state index contributed by atoms with van der Waals surface area (Å²) < 4.78 is 6.57.